The predicted molar refractivity (Wildman–Crippen MR) is 410 cm³/mol. The van der Waals surface area contributed by atoms with Crippen molar-refractivity contribution in [1.82, 2.24) is 34.8 Å². The van der Waals surface area contributed by atoms with Crippen molar-refractivity contribution in [3.63, 3.8) is 0 Å². The Hall–Kier alpha value is -8.25. The number of piperidine rings is 1. The van der Waals surface area contributed by atoms with Gasteiger partial charge in [0.25, 0.3) is 5.91 Å². The van der Waals surface area contributed by atoms with Gasteiger partial charge in [-0.25, -0.2) is 4.39 Å². The average Bonchev–Trinajstić information content (AvgIpc) is 1.29. The topological polar surface area (TPSA) is 115 Å². The molecule has 98 heavy (non-hydrogen) atoms. The van der Waals surface area contributed by atoms with E-state index in [1.807, 2.05) is 68.7 Å². The number of aromatic amines is 6. The molecule has 13 rings (SSSR count). The maximum Gasteiger partial charge on any atom is 0.416 e. The molecule has 0 atom stereocenters. The number of nitrogens with zero attached hydrogens (tertiary/aromatic N) is 1. The molecule has 524 valence electrons. The molecule has 12 heteroatoms. The number of carbonyl (C=O) groups is 1. The molecule has 6 aromatic heterocycles. The predicted octanol–water partition coefficient (Wildman–Crippen LogP) is 24.7. The number of likely N-dealkylation sites (tertiary alicyclic amines) is 1. The quantitative estimate of drug-likeness (QED) is 0.0951. The lowest BCUT2D eigenvalue weighted by Gasteiger charge is -2.30. The summed E-state index contributed by atoms with van der Waals surface area (Å²) in [5.41, 5.74) is 17.8. The minimum atomic E-state index is -4.31. The Morgan fingerprint density at radius 1 is 0.388 bits per heavy atom. The number of carbonyl (C=O) groups excluding carboxylic acids is 1. The molecule has 6 aromatic carbocycles. The summed E-state index contributed by atoms with van der Waals surface area (Å²) in [4.78, 5) is 34.2. The van der Waals surface area contributed by atoms with Crippen molar-refractivity contribution in [3.8, 4) is 0 Å². The van der Waals surface area contributed by atoms with Crippen LogP contribution < -0.4 is 0 Å². The first-order chi connectivity index (χ1) is 45.4. The van der Waals surface area contributed by atoms with Gasteiger partial charge in [0.15, 0.2) is 0 Å². The van der Waals surface area contributed by atoms with Gasteiger partial charge in [0.2, 0.25) is 0 Å². The van der Waals surface area contributed by atoms with E-state index in [1.165, 1.54) is 78.6 Å². The van der Waals surface area contributed by atoms with E-state index in [0.29, 0.717) is 10.9 Å². The summed E-state index contributed by atoms with van der Waals surface area (Å²) in [6.07, 6.45) is 11.8. The monoisotopic (exact) mass is 1330 g/mol. The third-order valence-corrected chi connectivity index (χ3v) is 18.6. The van der Waals surface area contributed by atoms with Crippen LogP contribution in [0.25, 0.3) is 65.4 Å². The number of fused-ring (bicyclic) bond motifs is 6. The van der Waals surface area contributed by atoms with Crippen molar-refractivity contribution >= 4 is 71.3 Å². The summed E-state index contributed by atoms with van der Waals surface area (Å²) in [6, 6.07) is 36.1. The Kier molecular flexibility index (Phi) is 22.3. The Bertz CT molecular complexity index is 4470. The molecule has 1 amide bonds. The molecule has 0 saturated carbocycles. The zero-order chi connectivity index (χ0) is 72.5. The zero-order valence-corrected chi connectivity index (χ0v) is 63.0. The largest absolute Gasteiger partial charge is 0.416 e. The molecule has 0 unspecified atom stereocenters. The van der Waals surface area contributed by atoms with Crippen LogP contribution in [-0.4, -0.2) is 53.8 Å². The summed E-state index contributed by atoms with van der Waals surface area (Å²) >= 11 is 0. The molecule has 1 aliphatic rings. The third-order valence-electron chi connectivity index (χ3n) is 18.6. The Morgan fingerprint density at radius 3 is 1.16 bits per heavy atom. The van der Waals surface area contributed by atoms with Gasteiger partial charge in [-0.05, 0) is 234 Å². The molecule has 0 aliphatic carbocycles. The second-order valence-electron chi connectivity index (χ2n) is 34.0. The van der Waals surface area contributed by atoms with Crippen LogP contribution in [-0.2, 0) is 50.5 Å². The van der Waals surface area contributed by atoms with Crippen LogP contribution in [0.5, 0.6) is 0 Å². The molecule has 1 saturated heterocycles. The number of aromatic nitrogens is 6. The van der Waals surface area contributed by atoms with E-state index < -0.39 is 17.2 Å². The first kappa shape index (κ1) is 75.5. The minimum Gasteiger partial charge on any atom is -0.361 e. The molecule has 6 N–H and O–H groups in total. The second-order valence-corrected chi connectivity index (χ2v) is 34.0. The Balaban J connectivity index is 0.000000151. The highest BCUT2D eigenvalue weighted by atomic mass is 19.4. The van der Waals surface area contributed by atoms with Gasteiger partial charge in [-0.1, -0.05) is 164 Å². The van der Waals surface area contributed by atoms with E-state index in [9.17, 15) is 22.4 Å². The van der Waals surface area contributed by atoms with Crippen LogP contribution in [0.15, 0.2) is 146 Å². The van der Waals surface area contributed by atoms with Crippen LogP contribution >= 0.6 is 0 Å². The molecule has 1 fully saturated rings. The second kappa shape index (κ2) is 28.9. The summed E-state index contributed by atoms with van der Waals surface area (Å²) < 4.78 is 52.7. The summed E-state index contributed by atoms with van der Waals surface area (Å²) in [5, 5.41) is 6.65. The van der Waals surface area contributed by atoms with Gasteiger partial charge in [-0.15, -0.1) is 0 Å². The van der Waals surface area contributed by atoms with Crippen molar-refractivity contribution in [1.29, 1.82) is 0 Å². The smallest absolute Gasteiger partial charge is 0.361 e. The number of nitrogens with one attached hydrogen (secondary N) is 6. The molecule has 0 bridgehead atoms. The highest BCUT2D eigenvalue weighted by Crippen LogP contribution is 2.41. The van der Waals surface area contributed by atoms with Gasteiger partial charge in [0.1, 0.15) is 5.82 Å². The molecule has 1 aliphatic heterocycles. The standard InChI is InChI=1S/C18H24N2O.C16H23N.C14H19N.C13H14F3N.C13H17N.C12H14FN/c1-18(2,3)15-12-16-13(7-8-19-16)11-14(15)17(21)20-9-5-4-6-10-20;1-15(2,3)12-9-11-7-8-17-14(11)10-13(12)16(4,5)6;1-5-10-8-11-6-7-15-13(11)9-12(10)14(2,3)4;1-12(2,3)9-7-11-8(4-5-17-11)6-10(9)13(14,15)16;1-9-8-14-11-7-5-6-10(12(9)11)13(2,3)4;1-12(2,3)9-7-11-8(4-5-14-11)6-10(9)13/h7-8,11-12,19H,4-6,9-10H2,1-3H3;7-10,17H,1-6H3;6-9,15H,5H2,1-4H3;4-7,17H,1-3H3;5-8,14H,1-4H3;4-7,14H,1-3H3. The van der Waals surface area contributed by atoms with Gasteiger partial charge in [-0.3, -0.25) is 4.79 Å². The normalized spacial score (nSPS) is 13.5. The number of rotatable bonds is 2. The van der Waals surface area contributed by atoms with Crippen LogP contribution in [0, 0.1) is 12.7 Å². The lowest BCUT2D eigenvalue weighted by Crippen LogP contribution is -2.36. The molecule has 0 radical (unpaired) electrons. The number of halogens is 4. The molecule has 7 heterocycles. The van der Waals surface area contributed by atoms with Crippen molar-refractivity contribution < 1.29 is 22.4 Å². The van der Waals surface area contributed by atoms with E-state index in [1.54, 1.807) is 45.2 Å². The van der Waals surface area contributed by atoms with Crippen molar-refractivity contribution in [2.24, 2.45) is 0 Å². The van der Waals surface area contributed by atoms with E-state index in [2.05, 4.69) is 221 Å². The summed E-state index contributed by atoms with van der Waals surface area (Å²) in [7, 11) is 0. The number of benzene rings is 6. The number of amides is 1. The van der Waals surface area contributed by atoms with Gasteiger partial charge >= 0.3 is 6.18 Å². The average molecular weight is 1330 g/mol. The number of hydrogen-bond acceptors (Lipinski definition) is 1. The zero-order valence-electron chi connectivity index (χ0n) is 63.0. The summed E-state index contributed by atoms with van der Waals surface area (Å²) in [5.74, 6) is 0.0762. The van der Waals surface area contributed by atoms with E-state index in [-0.39, 0.29) is 44.2 Å². The summed E-state index contributed by atoms with van der Waals surface area (Å²) in [6.45, 7) is 51.4. The first-order valence-corrected chi connectivity index (χ1v) is 35.0. The molecular formula is C86H111F4N7O. The van der Waals surface area contributed by atoms with E-state index >= 15 is 0 Å². The van der Waals surface area contributed by atoms with Gasteiger partial charge < -0.3 is 34.8 Å². The SMILES string of the molecule is CC(C)(C)c1cc2[nH]ccc2cc1C(=O)N1CCCCC1.CC(C)(C)c1cc2[nH]ccc2cc1C(F)(F)F.CC(C)(C)c1cc2[nH]ccc2cc1F.CC(C)(C)c1cc2cc[nH]c2cc1C(C)(C)C.CCc1cc2cc[nH]c2cc1C(C)(C)C.Cc1c[nH]c2cccc(C(C)(C)C)c12. The first-order valence-electron chi connectivity index (χ1n) is 35.0. The number of hydrogen-bond donors (Lipinski definition) is 6. The van der Waals surface area contributed by atoms with E-state index in [0.717, 1.165) is 76.4 Å². The van der Waals surface area contributed by atoms with Crippen molar-refractivity contribution in [2.75, 3.05) is 13.1 Å². The van der Waals surface area contributed by atoms with Crippen LogP contribution in [0.4, 0.5) is 17.6 Å². The van der Waals surface area contributed by atoms with Gasteiger partial charge in [-0.2, -0.15) is 13.2 Å². The maximum atomic E-state index is 13.7. The number of aryl methyl sites for hydroxylation is 2. The molecular weight excluding hydrogens is 1220 g/mol. The van der Waals surface area contributed by atoms with Crippen LogP contribution in [0.3, 0.4) is 0 Å². The van der Waals surface area contributed by atoms with Gasteiger partial charge in [0, 0.05) is 105 Å². The maximum absolute atomic E-state index is 13.7. The Labute approximate surface area is 581 Å². The molecule has 8 nitrogen and oxygen atoms in total. The fourth-order valence-corrected chi connectivity index (χ4v) is 13.2. The van der Waals surface area contributed by atoms with Crippen LogP contribution in [0.1, 0.15) is 238 Å². The highest BCUT2D eigenvalue weighted by molar-refractivity contribution is 6.00. The van der Waals surface area contributed by atoms with E-state index in [4.69, 9.17) is 0 Å². The lowest BCUT2D eigenvalue weighted by atomic mass is 9.75. The van der Waals surface area contributed by atoms with Crippen LogP contribution in [0.2, 0.25) is 0 Å². The molecule has 12 aromatic rings. The number of alkyl halides is 3. The van der Waals surface area contributed by atoms with Crippen molar-refractivity contribution in [2.45, 2.75) is 229 Å². The third kappa shape index (κ3) is 18.1. The van der Waals surface area contributed by atoms with Gasteiger partial charge in [0.05, 0.1) is 5.56 Å². The molecule has 0 spiro atoms. The van der Waals surface area contributed by atoms with Crippen molar-refractivity contribution in [3.05, 3.63) is 213 Å². The highest BCUT2D eigenvalue weighted by Gasteiger charge is 2.37. The fourth-order valence-electron chi connectivity index (χ4n) is 13.2. The minimum absolute atomic E-state index is 0.0416. The fraction of sp³-hybridized carbons (Fsp3) is 0.430. The number of H-pyrrole nitrogens is 6. The Morgan fingerprint density at radius 2 is 0.745 bits per heavy atom. The lowest BCUT2D eigenvalue weighted by molar-refractivity contribution is -0.138.